The van der Waals surface area contributed by atoms with Crippen LogP contribution in [0.3, 0.4) is 0 Å². The number of H-pyrrole nitrogens is 1. The van der Waals surface area contributed by atoms with Crippen molar-refractivity contribution in [3.8, 4) is 0 Å². The fourth-order valence-electron chi connectivity index (χ4n) is 1.12. The third-order valence-corrected chi connectivity index (χ3v) is 1.62. The molecule has 9 heavy (non-hydrogen) atoms. The SMILES string of the molecule is O=C1CCc2cn[nH]c21. The summed E-state index contributed by atoms with van der Waals surface area (Å²) in [5.74, 6) is 0.197. The van der Waals surface area contributed by atoms with Crippen LogP contribution in [0.2, 0.25) is 0 Å². The lowest BCUT2D eigenvalue weighted by atomic mass is 10.3. The third kappa shape index (κ3) is 0.512. The molecule has 0 spiro atoms. The summed E-state index contributed by atoms with van der Waals surface area (Å²) in [6, 6.07) is 0. The van der Waals surface area contributed by atoms with Crippen molar-refractivity contribution in [2.45, 2.75) is 12.8 Å². The number of nitrogens with zero attached hydrogens (tertiary/aromatic N) is 1. The van der Waals surface area contributed by atoms with Crippen molar-refractivity contribution < 1.29 is 4.79 Å². The zero-order valence-electron chi connectivity index (χ0n) is 4.85. The highest BCUT2D eigenvalue weighted by atomic mass is 16.1. The van der Waals surface area contributed by atoms with E-state index in [4.69, 9.17) is 0 Å². The molecule has 0 radical (unpaired) electrons. The molecule has 3 nitrogen and oxygen atoms in total. The van der Waals surface area contributed by atoms with E-state index in [0.717, 1.165) is 17.7 Å². The van der Waals surface area contributed by atoms with Crippen LogP contribution in [0.1, 0.15) is 22.5 Å². The maximum absolute atomic E-state index is 10.9. The van der Waals surface area contributed by atoms with E-state index in [1.54, 1.807) is 6.20 Å². The zero-order chi connectivity index (χ0) is 6.27. The number of hydrogen-bond donors (Lipinski definition) is 1. The smallest absolute Gasteiger partial charge is 0.181 e. The van der Waals surface area contributed by atoms with Crippen molar-refractivity contribution in [2.24, 2.45) is 0 Å². The van der Waals surface area contributed by atoms with Crippen LogP contribution in [-0.2, 0) is 6.42 Å². The summed E-state index contributed by atoms with van der Waals surface area (Å²) in [6.07, 6.45) is 3.24. The molecule has 1 aromatic rings. The van der Waals surface area contributed by atoms with Crippen molar-refractivity contribution in [2.75, 3.05) is 0 Å². The van der Waals surface area contributed by atoms with Gasteiger partial charge in [0.1, 0.15) is 5.69 Å². The van der Waals surface area contributed by atoms with Crippen molar-refractivity contribution in [3.05, 3.63) is 17.5 Å². The number of nitrogens with one attached hydrogen (secondary N) is 1. The van der Waals surface area contributed by atoms with Crippen molar-refractivity contribution >= 4 is 5.78 Å². The minimum atomic E-state index is 0.197. The predicted molar refractivity (Wildman–Crippen MR) is 31.2 cm³/mol. The number of aromatic nitrogens is 2. The molecule has 2 rings (SSSR count). The van der Waals surface area contributed by atoms with Gasteiger partial charge in [0.2, 0.25) is 0 Å². The molecule has 0 saturated heterocycles. The summed E-state index contributed by atoms with van der Waals surface area (Å²) in [7, 11) is 0. The number of carbonyl (C=O) groups is 1. The Labute approximate surface area is 52.1 Å². The van der Waals surface area contributed by atoms with Crippen LogP contribution in [0.25, 0.3) is 0 Å². The van der Waals surface area contributed by atoms with E-state index in [0.29, 0.717) is 6.42 Å². The van der Waals surface area contributed by atoms with Gasteiger partial charge in [0, 0.05) is 12.0 Å². The second-order valence-corrected chi connectivity index (χ2v) is 2.19. The molecule has 0 unspecified atom stereocenters. The van der Waals surface area contributed by atoms with Gasteiger partial charge in [0.25, 0.3) is 0 Å². The fraction of sp³-hybridized carbons (Fsp3) is 0.333. The Balaban J connectivity index is 2.61. The molecule has 1 aliphatic rings. The first-order chi connectivity index (χ1) is 4.38. The van der Waals surface area contributed by atoms with Crippen molar-refractivity contribution in [1.82, 2.24) is 10.2 Å². The van der Waals surface area contributed by atoms with Gasteiger partial charge in [-0.15, -0.1) is 0 Å². The van der Waals surface area contributed by atoms with Gasteiger partial charge in [-0.25, -0.2) is 0 Å². The largest absolute Gasteiger partial charge is 0.292 e. The van der Waals surface area contributed by atoms with E-state index < -0.39 is 0 Å². The normalized spacial score (nSPS) is 16.2. The second-order valence-electron chi connectivity index (χ2n) is 2.19. The van der Waals surface area contributed by atoms with E-state index >= 15 is 0 Å². The molecule has 0 aliphatic heterocycles. The predicted octanol–water partition coefficient (Wildman–Crippen LogP) is 0.539. The summed E-state index contributed by atoms with van der Waals surface area (Å²) in [5.41, 5.74) is 1.79. The molecule has 3 heteroatoms. The molecule has 0 aromatic carbocycles. The van der Waals surface area contributed by atoms with Crippen LogP contribution in [0.15, 0.2) is 6.20 Å². The summed E-state index contributed by atoms with van der Waals surface area (Å²) in [6.45, 7) is 0. The van der Waals surface area contributed by atoms with Crippen molar-refractivity contribution in [3.63, 3.8) is 0 Å². The van der Waals surface area contributed by atoms with Gasteiger partial charge in [-0.2, -0.15) is 5.10 Å². The van der Waals surface area contributed by atoms with Crippen LogP contribution < -0.4 is 0 Å². The summed E-state index contributed by atoms with van der Waals surface area (Å²) >= 11 is 0. The first-order valence-electron chi connectivity index (χ1n) is 2.93. The van der Waals surface area contributed by atoms with Gasteiger partial charge in [-0.3, -0.25) is 9.89 Å². The van der Waals surface area contributed by atoms with Gasteiger partial charge in [0.05, 0.1) is 6.20 Å². The van der Waals surface area contributed by atoms with Gasteiger partial charge >= 0.3 is 0 Å². The molecule has 1 heterocycles. The van der Waals surface area contributed by atoms with Crippen LogP contribution in [0.5, 0.6) is 0 Å². The molecular weight excluding hydrogens is 116 g/mol. The van der Waals surface area contributed by atoms with Crippen LogP contribution in [0.4, 0.5) is 0 Å². The Morgan fingerprint density at radius 1 is 1.56 bits per heavy atom. The topological polar surface area (TPSA) is 45.8 Å². The summed E-state index contributed by atoms with van der Waals surface area (Å²) in [4.78, 5) is 10.9. The van der Waals surface area contributed by atoms with E-state index in [-0.39, 0.29) is 5.78 Å². The van der Waals surface area contributed by atoms with E-state index in [1.165, 1.54) is 0 Å². The minimum absolute atomic E-state index is 0.197. The Morgan fingerprint density at radius 3 is 3.22 bits per heavy atom. The molecule has 0 bridgehead atoms. The molecule has 0 atom stereocenters. The number of rotatable bonds is 0. The molecule has 1 N–H and O–H groups in total. The molecular formula is C6H6N2O. The number of aryl methyl sites for hydroxylation is 1. The number of carbonyl (C=O) groups excluding carboxylic acids is 1. The van der Waals surface area contributed by atoms with Gasteiger partial charge in [-0.1, -0.05) is 0 Å². The van der Waals surface area contributed by atoms with Gasteiger partial charge < -0.3 is 0 Å². The lowest BCUT2D eigenvalue weighted by Crippen LogP contribution is -1.91. The summed E-state index contributed by atoms with van der Waals surface area (Å²) < 4.78 is 0. The van der Waals surface area contributed by atoms with Crippen LogP contribution in [0, 0.1) is 0 Å². The average Bonchev–Trinajstić information content (AvgIpc) is 2.35. The first kappa shape index (κ1) is 4.73. The minimum Gasteiger partial charge on any atom is -0.292 e. The Bertz CT molecular complexity index is 251. The fourth-order valence-corrected chi connectivity index (χ4v) is 1.12. The number of hydrogen-bond acceptors (Lipinski definition) is 2. The highest BCUT2D eigenvalue weighted by Gasteiger charge is 2.20. The third-order valence-electron chi connectivity index (χ3n) is 1.62. The van der Waals surface area contributed by atoms with E-state index in [9.17, 15) is 4.79 Å². The lowest BCUT2D eigenvalue weighted by Gasteiger charge is -1.79. The Morgan fingerprint density at radius 2 is 2.44 bits per heavy atom. The average molecular weight is 122 g/mol. The van der Waals surface area contributed by atoms with Gasteiger partial charge in [0.15, 0.2) is 5.78 Å². The number of ketones is 1. The molecule has 1 aromatic heterocycles. The highest BCUT2D eigenvalue weighted by Crippen LogP contribution is 2.17. The molecule has 1 aliphatic carbocycles. The number of Topliss-reactive ketones (excluding diaryl/α,β-unsaturated/α-hetero) is 1. The summed E-state index contributed by atoms with van der Waals surface area (Å²) in [5, 5.41) is 6.42. The standard InChI is InChI=1S/C6H6N2O/c9-5-2-1-4-3-7-8-6(4)5/h3H,1-2H2,(H,7,8). The van der Waals surface area contributed by atoms with Crippen molar-refractivity contribution in [1.29, 1.82) is 0 Å². The molecule has 0 saturated carbocycles. The maximum Gasteiger partial charge on any atom is 0.181 e. The quantitative estimate of drug-likeness (QED) is 0.545. The first-order valence-corrected chi connectivity index (χ1v) is 2.93. The maximum atomic E-state index is 10.9. The Hall–Kier alpha value is -1.12. The molecule has 0 fully saturated rings. The number of aromatic amines is 1. The zero-order valence-corrected chi connectivity index (χ0v) is 4.85. The molecule has 0 amide bonds. The number of fused-ring (bicyclic) bond motifs is 1. The lowest BCUT2D eigenvalue weighted by molar-refractivity contribution is 0.0990. The van der Waals surface area contributed by atoms with E-state index in [2.05, 4.69) is 10.2 Å². The van der Waals surface area contributed by atoms with Gasteiger partial charge in [-0.05, 0) is 6.42 Å². The monoisotopic (exact) mass is 122 g/mol. The van der Waals surface area contributed by atoms with E-state index in [1.807, 2.05) is 0 Å². The Kier molecular flexibility index (Phi) is 0.754. The van der Waals surface area contributed by atoms with Crippen LogP contribution in [-0.4, -0.2) is 16.0 Å². The van der Waals surface area contributed by atoms with Crippen LogP contribution >= 0.6 is 0 Å². The molecule has 46 valence electrons. The second kappa shape index (κ2) is 1.43. The highest BCUT2D eigenvalue weighted by molar-refractivity contribution is 5.98.